The zero-order chi connectivity index (χ0) is 14.6. The molecule has 21 heavy (non-hydrogen) atoms. The molecule has 3 nitrogen and oxygen atoms in total. The molecule has 1 aliphatic heterocycles. The van der Waals surface area contributed by atoms with E-state index in [0.29, 0.717) is 38.3 Å². The lowest BCUT2D eigenvalue weighted by molar-refractivity contribution is 0.614. The Bertz CT molecular complexity index is 1040. The van der Waals surface area contributed by atoms with Gasteiger partial charge >= 0.3 is 0 Å². The number of aromatic nitrogens is 1. The van der Waals surface area contributed by atoms with Crippen LogP contribution in [0.25, 0.3) is 33.3 Å². The summed E-state index contributed by atoms with van der Waals surface area (Å²) in [5.41, 5.74) is 1.46. The molecular formula is C16H7Cl2NO2. The minimum absolute atomic E-state index is 0.0491. The van der Waals surface area contributed by atoms with Gasteiger partial charge in [-0.1, -0.05) is 47.5 Å². The van der Waals surface area contributed by atoms with E-state index >= 15 is 0 Å². The minimum atomic E-state index is -0.251. The van der Waals surface area contributed by atoms with E-state index in [0.717, 1.165) is 0 Å². The van der Waals surface area contributed by atoms with Crippen LogP contribution in [0, 0.1) is 0 Å². The van der Waals surface area contributed by atoms with Crippen LogP contribution in [-0.2, 0) is 0 Å². The largest absolute Gasteiger partial charge is 0.451 e. The van der Waals surface area contributed by atoms with Gasteiger partial charge < -0.3 is 4.42 Å². The third kappa shape index (κ3) is 1.82. The summed E-state index contributed by atoms with van der Waals surface area (Å²) in [5, 5.41) is 1.86. The second-order valence-corrected chi connectivity index (χ2v) is 5.51. The second-order valence-electron chi connectivity index (χ2n) is 4.69. The van der Waals surface area contributed by atoms with Gasteiger partial charge in [0.1, 0.15) is 16.2 Å². The predicted octanol–water partition coefficient (Wildman–Crippen LogP) is 4.75. The first-order valence-corrected chi connectivity index (χ1v) is 7.01. The highest BCUT2D eigenvalue weighted by Gasteiger charge is 2.20. The van der Waals surface area contributed by atoms with E-state index in [4.69, 9.17) is 27.6 Å². The van der Waals surface area contributed by atoms with Crippen molar-refractivity contribution in [1.29, 1.82) is 0 Å². The average molecular weight is 316 g/mol. The number of halogens is 2. The van der Waals surface area contributed by atoms with Crippen LogP contribution in [0.5, 0.6) is 0 Å². The molecule has 0 amide bonds. The molecule has 2 aromatic rings. The lowest BCUT2D eigenvalue weighted by atomic mass is 10.0. The highest BCUT2D eigenvalue weighted by Crippen LogP contribution is 2.35. The molecule has 1 aliphatic carbocycles. The van der Waals surface area contributed by atoms with Gasteiger partial charge in [0.15, 0.2) is 11.3 Å². The number of nitrogens with zero attached hydrogens (tertiary/aromatic N) is 1. The fourth-order valence-electron chi connectivity index (χ4n) is 2.43. The van der Waals surface area contributed by atoms with Crippen molar-refractivity contribution in [2.75, 3.05) is 0 Å². The molecule has 2 aromatic carbocycles. The summed E-state index contributed by atoms with van der Waals surface area (Å²) in [7, 11) is 0. The summed E-state index contributed by atoms with van der Waals surface area (Å²) in [6.07, 6.45) is 0. The van der Waals surface area contributed by atoms with Crippen LogP contribution in [0.2, 0.25) is 10.0 Å². The van der Waals surface area contributed by atoms with E-state index in [9.17, 15) is 4.79 Å². The molecule has 0 radical (unpaired) electrons. The smallest absolute Gasteiger partial charge is 0.208 e. The molecular weight excluding hydrogens is 309 g/mol. The Morgan fingerprint density at radius 1 is 1.00 bits per heavy atom. The molecule has 0 saturated carbocycles. The molecule has 102 valence electrons. The van der Waals surface area contributed by atoms with E-state index in [1.165, 1.54) is 0 Å². The van der Waals surface area contributed by atoms with Crippen LogP contribution >= 0.6 is 23.2 Å². The number of fused-ring (bicyclic) bond motifs is 4. The van der Waals surface area contributed by atoms with Crippen LogP contribution in [0.3, 0.4) is 0 Å². The summed E-state index contributed by atoms with van der Waals surface area (Å²) in [6, 6.07) is 12.3. The summed E-state index contributed by atoms with van der Waals surface area (Å²) in [6.45, 7) is 0. The molecule has 0 unspecified atom stereocenters. The summed E-state index contributed by atoms with van der Waals surface area (Å²) >= 11 is 12.2. The topological polar surface area (TPSA) is 43.1 Å². The standard InChI is InChI=1S/C16H7Cl2NO2/c17-8-5-6-12-11(7-8)19-14-9-3-1-2-4-10(9)15(20)13(18)16(14)21-12/h1-7H. The monoisotopic (exact) mass is 315 g/mol. The fraction of sp³-hybridized carbons (Fsp3) is 0. The summed E-state index contributed by atoms with van der Waals surface area (Å²) < 4.78 is 5.77. The Balaban J connectivity index is 2.30. The molecule has 2 aliphatic rings. The molecule has 5 heteroatoms. The molecule has 1 heterocycles. The van der Waals surface area contributed by atoms with Gasteiger partial charge in [0.25, 0.3) is 0 Å². The SMILES string of the molecule is O=c1c(Cl)c2oc3ccc(Cl)cc3nc-2c2ccccc12. The first kappa shape index (κ1) is 12.6. The molecule has 0 fully saturated rings. The van der Waals surface area contributed by atoms with Crippen molar-refractivity contribution in [3.8, 4) is 11.5 Å². The van der Waals surface area contributed by atoms with Crippen LogP contribution in [0.15, 0.2) is 51.7 Å². The van der Waals surface area contributed by atoms with Gasteiger partial charge in [-0.2, -0.15) is 0 Å². The Labute approximate surface area is 129 Å². The lowest BCUT2D eigenvalue weighted by Crippen LogP contribution is -2.06. The van der Waals surface area contributed by atoms with Gasteiger partial charge in [-0.3, -0.25) is 4.79 Å². The van der Waals surface area contributed by atoms with Crippen molar-refractivity contribution < 1.29 is 4.42 Å². The van der Waals surface area contributed by atoms with Gasteiger partial charge in [0, 0.05) is 15.8 Å². The molecule has 0 atom stereocenters. The van der Waals surface area contributed by atoms with Gasteiger partial charge in [0.2, 0.25) is 5.43 Å². The predicted molar refractivity (Wildman–Crippen MR) is 84.4 cm³/mol. The third-order valence-electron chi connectivity index (χ3n) is 3.41. The van der Waals surface area contributed by atoms with Gasteiger partial charge in [-0.25, -0.2) is 4.98 Å². The first-order valence-electron chi connectivity index (χ1n) is 6.25. The maximum atomic E-state index is 12.3. The van der Waals surface area contributed by atoms with Crippen molar-refractivity contribution in [3.05, 3.63) is 62.7 Å². The average Bonchev–Trinajstić information content (AvgIpc) is 2.51. The number of hydrogen-bond acceptors (Lipinski definition) is 3. The van der Waals surface area contributed by atoms with Crippen LogP contribution < -0.4 is 5.43 Å². The third-order valence-corrected chi connectivity index (χ3v) is 3.98. The van der Waals surface area contributed by atoms with Crippen LogP contribution in [0.1, 0.15) is 0 Å². The maximum Gasteiger partial charge on any atom is 0.208 e. The lowest BCUT2D eigenvalue weighted by Gasteiger charge is -2.10. The zero-order valence-corrected chi connectivity index (χ0v) is 12.1. The molecule has 0 bridgehead atoms. The Kier molecular flexibility index (Phi) is 2.67. The number of rotatable bonds is 0. The normalized spacial score (nSPS) is 11.5. The van der Waals surface area contributed by atoms with Crippen molar-refractivity contribution in [2.24, 2.45) is 0 Å². The molecule has 0 spiro atoms. The minimum Gasteiger partial charge on any atom is -0.451 e. The van der Waals surface area contributed by atoms with Gasteiger partial charge in [-0.15, -0.1) is 0 Å². The first-order chi connectivity index (χ1) is 10.1. The maximum absolute atomic E-state index is 12.3. The van der Waals surface area contributed by atoms with Crippen LogP contribution in [0.4, 0.5) is 0 Å². The van der Waals surface area contributed by atoms with Crippen LogP contribution in [-0.4, -0.2) is 4.98 Å². The Morgan fingerprint density at radius 2 is 1.76 bits per heavy atom. The van der Waals surface area contributed by atoms with Gasteiger partial charge in [-0.05, 0) is 18.2 Å². The van der Waals surface area contributed by atoms with Crippen molar-refractivity contribution in [1.82, 2.24) is 4.98 Å². The van der Waals surface area contributed by atoms with Gasteiger partial charge in [0.05, 0.1) is 0 Å². The van der Waals surface area contributed by atoms with Crippen molar-refractivity contribution in [2.45, 2.75) is 0 Å². The Morgan fingerprint density at radius 3 is 2.57 bits per heavy atom. The summed E-state index contributed by atoms with van der Waals surface area (Å²) in [4.78, 5) is 16.9. The van der Waals surface area contributed by atoms with Crippen molar-refractivity contribution >= 4 is 45.1 Å². The fourth-order valence-corrected chi connectivity index (χ4v) is 2.83. The quantitative estimate of drug-likeness (QED) is 0.347. The van der Waals surface area contributed by atoms with E-state index < -0.39 is 0 Å². The van der Waals surface area contributed by atoms with Crippen molar-refractivity contribution in [3.63, 3.8) is 0 Å². The van der Waals surface area contributed by atoms with E-state index in [1.54, 1.807) is 30.3 Å². The zero-order valence-electron chi connectivity index (χ0n) is 10.6. The summed E-state index contributed by atoms with van der Waals surface area (Å²) in [5.74, 6) is 0.301. The second kappa shape index (κ2) is 4.45. The highest BCUT2D eigenvalue weighted by molar-refractivity contribution is 6.34. The molecule has 0 N–H and O–H groups in total. The van der Waals surface area contributed by atoms with E-state index in [2.05, 4.69) is 4.98 Å². The molecule has 0 aromatic heterocycles. The molecule has 4 rings (SSSR count). The van der Waals surface area contributed by atoms with E-state index in [1.807, 2.05) is 12.1 Å². The number of hydrogen-bond donors (Lipinski definition) is 0. The van der Waals surface area contributed by atoms with E-state index in [-0.39, 0.29) is 10.5 Å². The Hall–Kier alpha value is -2.10. The molecule has 0 saturated heterocycles. The highest BCUT2D eigenvalue weighted by atomic mass is 35.5. The number of benzene rings is 3.